The number of benzene rings is 2. The second kappa shape index (κ2) is 10.2. The number of amides is 1. The average molecular weight is 371 g/mol. The van der Waals surface area contributed by atoms with Crippen molar-refractivity contribution in [3.63, 3.8) is 0 Å². The van der Waals surface area contributed by atoms with Crippen LogP contribution in [-0.2, 0) is 27.2 Å². The van der Waals surface area contributed by atoms with Gasteiger partial charge in [-0.1, -0.05) is 25.1 Å². The van der Waals surface area contributed by atoms with E-state index < -0.39 is 5.97 Å². The minimum atomic E-state index is -0.428. The molecule has 0 saturated heterocycles. The molecular formula is C21H25NO5. The van der Waals surface area contributed by atoms with Crippen molar-refractivity contribution in [2.75, 3.05) is 26.1 Å². The standard InChI is InChI=1S/C21H25NO5/c1-4-15-6-5-7-17(12-15)22-20(23)14-27-21(24)11-9-16-8-10-18(25-2)19(13-16)26-3/h5-8,10,12-13H,4,9,11,14H2,1-3H3,(H,22,23). The minimum Gasteiger partial charge on any atom is -0.493 e. The summed E-state index contributed by atoms with van der Waals surface area (Å²) < 4.78 is 15.5. The lowest BCUT2D eigenvalue weighted by Gasteiger charge is -2.10. The first kappa shape index (κ1) is 20.3. The number of carbonyl (C=O) groups is 2. The van der Waals surface area contributed by atoms with Gasteiger partial charge in [-0.15, -0.1) is 0 Å². The number of hydrogen-bond acceptors (Lipinski definition) is 5. The van der Waals surface area contributed by atoms with E-state index in [-0.39, 0.29) is 18.9 Å². The lowest BCUT2D eigenvalue weighted by molar-refractivity contribution is -0.147. The van der Waals surface area contributed by atoms with Gasteiger partial charge in [-0.3, -0.25) is 9.59 Å². The Morgan fingerprint density at radius 2 is 1.74 bits per heavy atom. The van der Waals surface area contributed by atoms with Gasteiger partial charge in [0.15, 0.2) is 18.1 Å². The van der Waals surface area contributed by atoms with Gasteiger partial charge in [-0.25, -0.2) is 0 Å². The molecule has 0 heterocycles. The Balaban J connectivity index is 1.78. The predicted octanol–water partition coefficient (Wildman–Crippen LogP) is 3.38. The third-order valence-electron chi connectivity index (χ3n) is 4.05. The van der Waals surface area contributed by atoms with Crippen molar-refractivity contribution < 1.29 is 23.8 Å². The lowest BCUT2D eigenvalue weighted by Crippen LogP contribution is -2.21. The Labute approximate surface area is 159 Å². The van der Waals surface area contributed by atoms with Gasteiger partial charge in [0.2, 0.25) is 0 Å². The summed E-state index contributed by atoms with van der Waals surface area (Å²) in [6.07, 6.45) is 1.54. The molecule has 0 atom stereocenters. The first-order valence-electron chi connectivity index (χ1n) is 8.81. The molecule has 0 aliphatic heterocycles. The maximum absolute atomic E-state index is 11.9. The topological polar surface area (TPSA) is 73.9 Å². The van der Waals surface area contributed by atoms with Crippen molar-refractivity contribution in [2.24, 2.45) is 0 Å². The molecule has 0 aromatic heterocycles. The van der Waals surface area contributed by atoms with Crippen LogP contribution in [0, 0.1) is 0 Å². The summed E-state index contributed by atoms with van der Waals surface area (Å²) in [5.74, 6) is 0.453. The monoisotopic (exact) mass is 371 g/mol. The van der Waals surface area contributed by atoms with E-state index in [0.29, 0.717) is 23.6 Å². The van der Waals surface area contributed by atoms with Crippen LogP contribution in [0.3, 0.4) is 0 Å². The molecule has 2 aromatic carbocycles. The van der Waals surface area contributed by atoms with E-state index in [4.69, 9.17) is 14.2 Å². The van der Waals surface area contributed by atoms with E-state index in [1.807, 2.05) is 37.3 Å². The van der Waals surface area contributed by atoms with E-state index >= 15 is 0 Å². The van der Waals surface area contributed by atoms with Crippen LogP contribution in [0.15, 0.2) is 42.5 Å². The SMILES string of the molecule is CCc1cccc(NC(=O)COC(=O)CCc2ccc(OC)c(OC)c2)c1. The van der Waals surface area contributed by atoms with E-state index in [9.17, 15) is 9.59 Å². The molecule has 6 nitrogen and oxygen atoms in total. The second-order valence-electron chi connectivity index (χ2n) is 5.95. The Morgan fingerprint density at radius 3 is 2.44 bits per heavy atom. The molecule has 1 N–H and O–H groups in total. The summed E-state index contributed by atoms with van der Waals surface area (Å²) in [7, 11) is 3.13. The second-order valence-corrected chi connectivity index (χ2v) is 5.95. The number of esters is 1. The van der Waals surface area contributed by atoms with E-state index in [1.54, 1.807) is 26.4 Å². The van der Waals surface area contributed by atoms with Crippen LogP contribution in [0.2, 0.25) is 0 Å². The number of ether oxygens (including phenoxy) is 3. The molecule has 0 saturated carbocycles. The van der Waals surface area contributed by atoms with Gasteiger partial charge < -0.3 is 19.5 Å². The number of hydrogen-bond donors (Lipinski definition) is 1. The zero-order valence-electron chi connectivity index (χ0n) is 15.9. The highest BCUT2D eigenvalue weighted by atomic mass is 16.5. The average Bonchev–Trinajstić information content (AvgIpc) is 2.70. The highest BCUT2D eigenvalue weighted by molar-refractivity contribution is 5.92. The first-order chi connectivity index (χ1) is 13.0. The molecule has 0 aliphatic rings. The van der Waals surface area contributed by atoms with Gasteiger partial charge in [0.25, 0.3) is 5.91 Å². The lowest BCUT2D eigenvalue weighted by atomic mass is 10.1. The van der Waals surface area contributed by atoms with Crippen LogP contribution < -0.4 is 14.8 Å². The molecule has 6 heteroatoms. The molecule has 0 aliphatic carbocycles. The summed E-state index contributed by atoms with van der Waals surface area (Å²) in [6.45, 7) is 1.74. The highest BCUT2D eigenvalue weighted by Crippen LogP contribution is 2.27. The number of aryl methyl sites for hydroxylation is 2. The summed E-state index contributed by atoms with van der Waals surface area (Å²) >= 11 is 0. The Kier molecular flexibility index (Phi) is 7.67. The minimum absolute atomic E-state index is 0.175. The van der Waals surface area contributed by atoms with Crippen LogP contribution in [0.1, 0.15) is 24.5 Å². The largest absolute Gasteiger partial charge is 0.493 e. The number of methoxy groups -OCH3 is 2. The molecule has 0 unspecified atom stereocenters. The van der Waals surface area contributed by atoms with Gasteiger partial charge >= 0.3 is 5.97 Å². The summed E-state index contributed by atoms with van der Waals surface area (Å²) in [5, 5.41) is 2.73. The van der Waals surface area contributed by atoms with Crippen molar-refractivity contribution in [3.05, 3.63) is 53.6 Å². The fourth-order valence-electron chi connectivity index (χ4n) is 2.57. The van der Waals surface area contributed by atoms with Crippen LogP contribution in [0.4, 0.5) is 5.69 Å². The molecule has 2 rings (SSSR count). The molecular weight excluding hydrogens is 346 g/mol. The van der Waals surface area contributed by atoms with Crippen molar-refractivity contribution in [3.8, 4) is 11.5 Å². The van der Waals surface area contributed by atoms with E-state index in [1.165, 1.54) is 0 Å². The fourth-order valence-corrected chi connectivity index (χ4v) is 2.57. The zero-order valence-corrected chi connectivity index (χ0v) is 15.9. The normalized spacial score (nSPS) is 10.2. The smallest absolute Gasteiger partial charge is 0.306 e. The molecule has 144 valence electrons. The van der Waals surface area contributed by atoms with Crippen molar-refractivity contribution in [2.45, 2.75) is 26.2 Å². The Hall–Kier alpha value is -3.02. The number of anilines is 1. The molecule has 2 aromatic rings. The van der Waals surface area contributed by atoms with Gasteiger partial charge in [0.1, 0.15) is 0 Å². The molecule has 27 heavy (non-hydrogen) atoms. The molecule has 0 fully saturated rings. The maximum atomic E-state index is 11.9. The molecule has 0 spiro atoms. The third kappa shape index (κ3) is 6.33. The van der Waals surface area contributed by atoms with E-state index in [0.717, 1.165) is 17.5 Å². The quantitative estimate of drug-likeness (QED) is 0.684. The number of rotatable bonds is 9. The zero-order chi connectivity index (χ0) is 19.6. The molecule has 0 bridgehead atoms. The van der Waals surface area contributed by atoms with Gasteiger partial charge in [-0.05, 0) is 48.2 Å². The van der Waals surface area contributed by atoms with Crippen LogP contribution in [-0.4, -0.2) is 32.7 Å². The fraction of sp³-hybridized carbons (Fsp3) is 0.333. The highest BCUT2D eigenvalue weighted by Gasteiger charge is 2.10. The van der Waals surface area contributed by atoms with Crippen molar-refractivity contribution in [1.82, 2.24) is 0 Å². The van der Waals surface area contributed by atoms with Crippen molar-refractivity contribution in [1.29, 1.82) is 0 Å². The van der Waals surface area contributed by atoms with Crippen LogP contribution in [0.25, 0.3) is 0 Å². The number of carbonyl (C=O) groups excluding carboxylic acids is 2. The van der Waals surface area contributed by atoms with Crippen LogP contribution >= 0.6 is 0 Å². The summed E-state index contributed by atoms with van der Waals surface area (Å²) in [4.78, 5) is 23.8. The Morgan fingerprint density at radius 1 is 0.963 bits per heavy atom. The van der Waals surface area contributed by atoms with Gasteiger partial charge in [0.05, 0.1) is 14.2 Å². The maximum Gasteiger partial charge on any atom is 0.306 e. The van der Waals surface area contributed by atoms with Crippen LogP contribution in [0.5, 0.6) is 11.5 Å². The number of nitrogens with one attached hydrogen (secondary N) is 1. The van der Waals surface area contributed by atoms with Crippen molar-refractivity contribution >= 4 is 17.6 Å². The molecule has 1 amide bonds. The summed E-state index contributed by atoms with van der Waals surface area (Å²) in [6, 6.07) is 13.0. The Bertz CT molecular complexity index is 788. The van der Waals surface area contributed by atoms with Gasteiger partial charge in [0, 0.05) is 12.1 Å². The first-order valence-corrected chi connectivity index (χ1v) is 8.81. The predicted molar refractivity (Wildman–Crippen MR) is 103 cm³/mol. The summed E-state index contributed by atoms with van der Waals surface area (Å²) in [5.41, 5.74) is 2.74. The third-order valence-corrected chi connectivity index (χ3v) is 4.05. The van der Waals surface area contributed by atoms with E-state index in [2.05, 4.69) is 5.32 Å². The van der Waals surface area contributed by atoms with Gasteiger partial charge in [-0.2, -0.15) is 0 Å². The molecule has 0 radical (unpaired) electrons.